The number of carbonyl (C=O) groups is 2. The van der Waals surface area contributed by atoms with Crippen molar-refractivity contribution in [2.75, 3.05) is 26.4 Å². The number of esters is 2. The highest BCUT2D eigenvalue weighted by atomic mass is 16.7. The number of aliphatic hydroxyl groups is 7. The van der Waals surface area contributed by atoms with Gasteiger partial charge in [-0.05, 0) is 38.5 Å². The van der Waals surface area contributed by atoms with Crippen LogP contribution in [0.1, 0.15) is 194 Å². The van der Waals surface area contributed by atoms with Crippen LogP contribution in [0.15, 0.2) is 12.2 Å². The molecule has 2 rings (SSSR count). The molecule has 0 spiro atoms. The normalized spacial score (nSPS) is 26.6. The van der Waals surface area contributed by atoms with E-state index in [-0.39, 0.29) is 26.1 Å². The van der Waals surface area contributed by atoms with E-state index in [0.29, 0.717) is 12.8 Å². The number of unbranched alkanes of at least 4 members (excludes halogenated alkanes) is 23. The smallest absolute Gasteiger partial charge is 0.306 e. The van der Waals surface area contributed by atoms with Crippen molar-refractivity contribution in [3.05, 3.63) is 12.2 Å². The summed E-state index contributed by atoms with van der Waals surface area (Å²) >= 11 is 0. The summed E-state index contributed by atoms with van der Waals surface area (Å²) in [7, 11) is 0. The molecule has 7 N–H and O–H groups in total. The van der Waals surface area contributed by atoms with Crippen LogP contribution < -0.4 is 0 Å². The number of allylic oxidation sites excluding steroid dienone is 2. The molecular formula is C49H90O15. The number of rotatable bonds is 39. The van der Waals surface area contributed by atoms with Crippen LogP contribution in [-0.4, -0.2) is 142 Å². The van der Waals surface area contributed by atoms with Crippen LogP contribution in [0.25, 0.3) is 0 Å². The van der Waals surface area contributed by atoms with E-state index in [1.54, 1.807) is 0 Å². The minimum atomic E-state index is -1.76. The predicted octanol–water partition coefficient (Wildman–Crippen LogP) is 6.60. The van der Waals surface area contributed by atoms with Crippen LogP contribution in [0, 0.1) is 0 Å². The van der Waals surface area contributed by atoms with Gasteiger partial charge < -0.3 is 64.2 Å². The zero-order valence-electron chi connectivity index (χ0n) is 39.5. The van der Waals surface area contributed by atoms with E-state index in [2.05, 4.69) is 26.0 Å². The van der Waals surface area contributed by atoms with Crippen LogP contribution in [0.4, 0.5) is 0 Å². The van der Waals surface area contributed by atoms with E-state index >= 15 is 0 Å². The molecule has 0 amide bonds. The van der Waals surface area contributed by atoms with Crippen molar-refractivity contribution in [2.45, 2.75) is 261 Å². The quantitative estimate of drug-likeness (QED) is 0.0196. The number of hydrogen-bond acceptors (Lipinski definition) is 15. The summed E-state index contributed by atoms with van der Waals surface area (Å²) in [5.41, 5.74) is 0. The maximum absolute atomic E-state index is 13.0. The molecule has 0 aliphatic carbocycles. The fourth-order valence-corrected chi connectivity index (χ4v) is 8.04. The molecule has 0 bridgehead atoms. The Morgan fingerprint density at radius 1 is 0.484 bits per heavy atom. The highest BCUT2D eigenvalue weighted by Gasteiger charge is 2.47. The molecule has 0 aromatic rings. The number of hydrogen-bond donors (Lipinski definition) is 7. The Morgan fingerprint density at radius 3 is 1.38 bits per heavy atom. The minimum absolute atomic E-state index is 0.169. The van der Waals surface area contributed by atoms with Gasteiger partial charge in [0.1, 0.15) is 55.4 Å². The van der Waals surface area contributed by atoms with Crippen LogP contribution in [0.3, 0.4) is 0 Å². The molecule has 0 saturated carbocycles. The first-order valence-corrected chi connectivity index (χ1v) is 25.3. The monoisotopic (exact) mass is 919 g/mol. The molecular weight excluding hydrogens is 829 g/mol. The van der Waals surface area contributed by atoms with Gasteiger partial charge in [0.15, 0.2) is 18.7 Å². The Labute approximate surface area is 384 Å². The second kappa shape index (κ2) is 37.2. The first-order chi connectivity index (χ1) is 31.0. The lowest BCUT2D eigenvalue weighted by Crippen LogP contribution is -2.61. The largest absolute Gasteiger partial charge is 0.462 e. The van der Waals surface area contributed by atoms with E-state index in [9.17, 15) is 45.3 Å². The Kier molecular flexibility index (Phi) is 34.0. The van der Waals surface area contributed by atoms with Gasteiger partial charge in [-0.15, -0.1) is 0 Å². The molecule has 15 heteroatoms. The molecule has 2 fully saturated rings. The summed E-state index contributed by atoms with van der Waals surface area (Å²) in [5, 5.41) is 72.0. The van der Waals surface area contributed by atoms with Gasteiger partial charge in [-0.1, -0.05) is 154 Å². The molecule has 376 valence electrons. The summed E-state index contributed by atoms with van der Waals surface area (Å²) in [6.45, 7) is 2.58. The van der Waals surface area contributed by atoms with Gasteiger partial charge in [-0.3, -0.25) is 9.59 Å². The number of ether oxygens (including phenoxy) is 6. The molecule has 0 aromatic heterocycles. The van der Waals surface area contributed by atoms with Crippen molar-refractivity contribution in [3.8, 4) is 0 Å². The lowest BCUT2D eigenvalue weighted by Gasteiger charge is -2.42. The van der Waals surface area contributed by atoms with E-state index in [1.165, 1.54) is 96.3 Å². The predicted molar refractivity (Wildman–Crippen MR) is 243 cm³/mol. The van der Waals surface area contributed by atoms with Gasteiger partial charge in [0.25, 0.3) is 0 Å². The van der Waals surface area contributed by atoms with E-state index in [4.69, 9.17) is 28.4 Å². The number of aliphatic hydroxyl groups excluding tert-OH is 7. The minimum Gasteiger partial charge on any atom is -0.462 e. The fourth-order valence-electron chi connectivity index (χ4n) is 8.04. The maximum atomic E-state index is 13.0. The Hall–Kier alpha value is -1.76. The Balaban J connectivity index is 1.82. The lowest BCUT2D eigenvalue weighted by atomic mass is 9.98. The zero-order valence-corrected chi connectivity index (χ0v) is 39.5. The van der Waals surface area contributed by atoms with Crippen LogP contribution in [0.2, 0.25) is 0 Å². The molecule has 2 saturated heterocycles. The standard InChI is InChI=1S/C49H90O15/c1-3-5-7-9-11-13-15-17-19-21-23-25-27-29-31-40(51)59-34-37(62-41(52)32-30-28-26-24-22-20-18-16-14-12-10-8-6-4-2)35-60-48-47(58)45(56)43(54)39(64-48)36-61-49-46(57)44(55)42(53)38(33-50)63-49/h15,17,37-39,42-50,53-58H,3-14,16,18-36H2,1-2H3/b17-15+/t37-,38-,39-,42+,43+,44?,45?,46?,47?,48-,49-/m1/s1. The number of carbonyl (C=O) groups excluding carboxylic acids is 2. The van der Waals surface area contributed by atoms with Crippen LogP contribution in [-0.2, 0) is 38.0 Å². The van der Waals surface area contributed by atoms with Crippen LogP contribution >= 0.6 is 0 Å². The van der Waals surface area contributed by atoms with Gasteiger partial charge in [0, 0.05) is 12.8 Å². The van der Waals surface area contributed by atoms with Crippen molar-refractivity contribution in [1.29, 1.82) is 0 Å². The zero-order chi connectivity index (χ0) is 46.8. The molecule has 2 heterocycles. The van der Waals surface area contributed by atoms with Crippen molar-refractivity contribution in [1.82, 2.24) is 0 Å². The fraction of sp³-hybridized carbons (Fsp3) is 0.918. The first kappa shape index (κ1) is 58.4. The molecule has 11 atom stereocenters. The average Bonchev–Trinajstić information content (AvgIpc) is 3.29. The highest BCUT2D eigenvalue weighted by Crippen LogP contribution is 2.26. The highest BCUT2D eigenvalue weighted by molar-refractivity contribution is 5.70. The van der Waals surface area contributed by atoms with Crippen molar-refractivity contribution in [3.63, 3.8) is 0 Å². The third kappa shape index (κ3) is 25.4. The summed E-state index contributed by atoms with van der Waals surface area (Å²) in [5.74, 6) is -0.926. The summed E-state index contributed by atoms with van der Waals surface area (Å²) in [6.07, 6.45) is 18.1. The molecule has 2 aliphatic heterocycles. The second-order valence-corrected chi connectivity index (χ2v) is 18.0. The van der Waals surface area contributed by atoms with Crippen molar-refractivity contribution in [2.24, 2.45) is 0 Å². The summed E-state index contributed by atoms with van der Waals surface area (Å²) in [6, 6.07) is 0. The van der Waals surface area contributed by atoms with Gasteiger partial charge in [-0.2, -0.15) is 0 Å². The summed E-state index contributed by atoms with van der Waals surface area (Å²) < 4.78 is 33.5. The second-order valence-electron chi connectivity index (χ2n) is 18.0. The molecule has 0 radical (unpaired) electrons. The van der Waals surface area contributed by atoms with E-state index in [0.717, 1.165) is 57.8 Å². The third-order valence-electron chi connectivity index (χ3n) is 12.2. The topological polar surface area (TPSA) is 231 Å². The molecule has 4 unspecified atom stereocenters. The van der Waals surface area contributed by atoms with Gasteiger partial charge in [-0.25, -0.2) is 0 Å². The van der Waals surface area contributed by atoms with Crippen LogP contribution in [0.5, 0.6) is 0 Å². The molecule has 0 aromatic carbocycles. The lowest BCUT2D eigenvalue weighted by molar-refractivity contribution is -0.332. The van der Waals surface area contributed by atoms with E-state index < -0.39 is 92.7 Å². The van der Waals surface area contributed by atoms with E-state index in [1.807, 2.05) is 0 Å². The maximum Gasteiger partial charge on any atom is 0.306 e. The summed E-state index contributed by atoms with van der Waals surface area (Å²) in [4.78, 5) is 25.7. The van der Waals surface area contributed by atoms with Crippen molar-refractivity contribution < 1.29 is 73.8 Å². The first-order valence-electron chi connectivity index (χ1n) is 25.3. The third-order valence-corrected chi connectivity index (χ3v) is 12.2. The Bertz CT molecular complexity index is 1170. The van der Waals surface area contributed by atoms with Gasteiger partial charge in [0.2, 0.25) is 0 Å². The Morgan fingerprint density at radius 2 is 0.891 bits per heavy atom. The molecule has 15 nitrogen and oxygen atoms in total. The van der Waals surface area contributed by atoms with Gasteiger partial charge in [0.05, 0.1) is 19.8 Å². The SMILES string of the molecule is CCCCCCC/C=C/CCCCCCCC(=O)OC[C@H](CO[C@@H]1O[C@H](CO[C@@H]2O[C@H](CO)[C@H](O)C(O)C2O)[C@H](O)C(O)C1O)OC(=O)CCCCCCCCCCCCCCCC. The molecule has 64 heavy (non-hydrogen) atoms. The average molecular weight is 919 g/mol. The molecule has 2 aliphatic rings. The van der Waals surface area contributed by atoms with Gasteiger partial charge >= 0.3 is 11.9 Å². The van der Waals surface area contributed by atoms with Crippen molar-refractivity contribution >= 4 is 11.9 Å².